The van der Waals surface area contributed by atoms with Crippen LogP contribution in [0.1, 0.15) is 54.7 Å². The Labute approximate surface area is 208 Å². The van der Waals surface area contributed by atoms with E-state index in [1.165, 1.54) is 31.4 Å². The fourth-order valence-corrected chi connectivity index (χ4v) is 5.19. The smallest absolute Gasteiger partial charge is 0.175 e. The van der Waals surface area contributed by atoms with Crippen molar-refractivity contribution in [1.29, 1.82) is 5.26 Å². The van der Waals surface area contributed by atoms with E-state index >= 15 is 0 Å². The Bertz CT molecular complexity index is 1190. The second kappa shape index (κ2) is 10.4. The number of aromatic nitrogens is 2. The highest BCUT2D eigenvalue weighted by atomic mass is 16.5. The van der Waals surface area contributed by atoms with E-state index in [0.29, 0.717) is 5.92 Å². The van der Waals surface area contributed by atoms with Gasteiger partial charge >= 0.3 is 0 Å². The zero-order chi connectivity index (χ0) is 24.4. The number of likely N-dealkylation sites (tertiary alicyclic amines) is 1. The van der Waals surface area contributed by atoms with Gasteiger partial charge in [0.05, 0.1) is 17.9 Å². The van der Waals surface area contributed by atoms with Gasteiger partial charge in [-0.15, -0.1) is 0 Å². The van der Waals surface area contributed by atoms with Crippen LogP contribution >= 0.6 is 0 Å². The predicted octanol–water partition coefficient (Wildman–Crippen LogP) is 4.73. The van der Waals surface area contributed by atoms with Gasteiger partial charge in [-0.3, -0.25) is 4.90 Å². The first-order valence-corrected chi connectivity index (χ1v) is 13.0. The maximum Gasteiger partial charge on any atom is 0.175 e. The van der Waals surface area contributed by atoms with Crippen molar-refractivity contribution in [3.8, 4) is 11.8 Å². The van der Waals surface area contributed by atoms with E-state index in [0.717, 1.165) is 85.2 Å². The van der Waals surface area contributed by atoms with Gasteiger partial charge in [0.25, 0.3) is 0 Å². The Morgan fingerprint density at radius 1 is 1.11 bits per heavy atom. The molecule has 7 nitrogen and oxygen atoms in total. The Kier molecular flexibility index (Phi) is 7.12. The molecule has 1 saturated heterocycles. The molecule has 1 aliphatic carbocycles. The van der Waals surface area contributed by atoms with E-state index in [2.05, 4.69) is 53.3 Å². The van der Waals surface area contributed by atoms with Crippen LogP contribution in [0.15, 0.2) is 28.8 Å². The molecule has 3 heterocycles. The molecule has 2 aromatic heterocycles. The topological polar surface area (TPSA) is 70.5 Å². The van der Waals surface area contributed by atoms with E-state index in [4.69, 9.17) is 9.26 Å². The van der Waals surface area contributed by atoms with Crippen LogP contribution in [0.5, 0.6) is 5.75 Å². The molecule has 0 radical (unpaired) electrons. The first-order valence-electron chi connectivity index (χ1n) is 13.0. The van der Waals surface area contributed by atoms with Crippen LogP contribution in [-0.4, -0.2) is 53.3 Å². The molecule has 1 saturated carbocycles. The minimum absolute atomic E-state index is 0.712. The normalized spacial score (nSPS) is 17.3. The SMILES string of the molecule is CN(C)Cc1c(OCC2CC2)ccc2c(CCC3CCN(Cc4ccc(C#N)n4C)CC3)noc12. The van der Waals surface area contributed by atoms with E-state index in [1.807, 2.05) is 17.7 Å². The molecule has 1 aromatic carbocycles. The minimum Gasteiger partial charge on any atom is -0.493 e. The minimum atomic E-state index is 0.712. The van der Waals surface area contributed by atoms with Gasteiger partial charge in [-0.05, 0) is 102 Å². The van der Waals surface area contributed by atoms with Crippen LogP contribution in [0.25, 0.3) is 11.0 Å². The summed E-state index contributed by atoms with van der Waals surface area (Å²) in [7, 11) is 6.13. The number of nitrogens with zero attached hydrogens (tertiary/aromatic N) is 5. The van der Waals surface area contributed by atoms with Crippen LogP contribution in [0.3, 0.4) is 0 Å². The lowest BCUT2D eigenvalue weighted by Gasteiger charge is -2.32. The van der Waals surface area contributed by atoms with Gasteiger partial charge < -0.3 is 18.7 Å². The van der Waals surface area contributed by atoms with Gasteiger partial charge in [0, 0.05) is 31.2 Å². The van der Waals surface area contributed by atoms with Gasteiger partial charge in [-0.25, -0.2) is 0 Å². The van der Waals surface area contributed by atoms with Crippen molar-refractivity contribution in [3.63, 3.8) is 0 Å². The summed E-state index contributed by atoms with van der Waals surface area (Å²) >= 11 is 0. The molecule has 0 bridgehead atoms. The van der Waals surface area contributed by atoms with E-state index in [9.17, 15) is 5.26 Å². The Balaban J connectivity index is 1.18. The average Bonchev–Trinajstić information content (AvgIpc) is 3.49. The molecule has 0 N–H and O–H groups in total. The Morgan fingerprint density at radius 3 is 2.60 bits per heavy atom. The molecule has 35 heavy (non-hydrogen) atoms. The summed E-state index contributed by atoms with van der Waals surface area (Å²) in [6, 6.07) is 10.5. The fourth-order valence-electron chi connectivity index (χ4n) is 5.19. The van der Waals surface area contributed by atoms with Crippen LogP contribution < -0.4 is 4.74 Å². The zero-order valence-corrected chi connectivity index (χ0v) is 21.3. The van der Waals surface area contributed by atoms with Crippen molar-refractivity contribution < 1.29 is 9.26 Å². The van der Waals surface area contributed by atoms with Crippen molar-refractivity contribution in [1.82, 2.24) is 19.5 Å². The highest BCUT2D eigenvalue weighted by Crippen LogP contribution is 2.35. The number of fused-ring (bicyclic) bond motifs is 1. The molecule has 3 aromatic rings. The largest absolute Gasteiger partial charge is 0.493 e. The maximum atomic E-state index is 9.18. The van der Waals surface area contributed by atoms with Gasteiger partial charge in [0.2, 0.25) is 0 Å². The summed E-state index contributed by atoms with van der Waals surface area (Å²) in [5.41, 5.74) is 5.01. The van der Waals surface area contributed by atoms with Gasteiger partial charge in [0.1, 0.15) is 17.5 Å². The van der Waals surface area contributed by atoms with Crippen LogP contribution in [0, 0.1) is 23.2 Å². The summed E-state index contributed by atoms with van der Waals surface area (Å²) in [6.07, 6.45) is 7.06. The Hall–Kier alpha value is -2.82. The number of benzene rings is 1. The number of nitriles is 1. The van der Waals surface area contributed by atoms with E-state index < -0.39 is 0 Å². The monoisotopic (exact) mass is 475 g/mol. The van der Waals surface area contributed by atoms with Crippen LogP contribution in [0.4, 0.5) is 0 Å². The number of piperidine rings is 1. The highest BCUT2D eigenvalue weighted by Gasteiger charge is 2.25. The predicted molar refractivity (Wildman–Crippen MR) is 136 cm³/mol. The van der Waals surface area contributed by atoms with Crippen LogP contribution in [0.2, 0.25) is 0 Å². The molecule has 0 spiro atoms. The van der Waals surface area contributed by atoms with Gasteiger partial charge in [-0.2, -0.15) is 5.26 Å². The van der Waals surface area contributed by atoms with Crippen LogP contribution in [-0.2, 0) is 26.6 Å². The van der Waals surface area contributed by atoms with Crippen molar-refractivity contribution in [2.75, 3.05) is 33.8 Å². The Morgan fingerprint density at radius 2 is 1.91 bits per heavy atom. The summed E-state index contributed by atoms with van der Waals surface area (Å²) in [5.74, 6) is 2.37. The molecule has 7 heteroatoms. The molecule has 0 amide bonds. The maximum absolute atomic E-state index is 9.18. The second-order valence-electron chi connectivity index (χ2n) is 10.7. The lowest BCUT2D eigenvalue weighted by molar-refractivity contribution is 0.169. The second-order valence-corrected chi connectivity index (χ2v) is 10.7. The molecule has 5 rings (SSSR count). The molecular weight excluding hydrogens is 438 g/mol. The third-order valence-electron chi connectivity index (χ3n) is 7.64. The third-order valence-corrected chi connectivity index (χ3v) is 7.64. The van der Waals surface area contributed by atoms with Crippen molar-refractivity contribution in [3.05, 3.63) is 46.9 Å². The number of hydrogen-bond acceptors (Lipinski definition) is 6. The lowest BCUT2D eigenvalue weighted by Crippen LogP contribution is -2.33. The third kappa shape index (κ3) is 5.55. The number of ether oxygens (including phenoxy) is 1. The number of hydrogen-bond donors (Lipinski definition) is 0. The first kappa shape index (κ1) is 23.9. The van der Waals surface area contributed by atoms with Gasteiger partial charge in [0.15, 0.2) is 5.58 Å². The van der Waals surface area contributed by atoms with Crippen molar-refractivity contribution >= 4 is 11.0 Å². The standard InChI is InChI=1S/C28H37N5O2/c1-31(2)18-25-27(34-19-21-4-5-21)11-9-24-26(30-35-28(24)25)10-6-20-12-14-33(15-13-20)17-23-8-7-22(16-29)32(23)3/h7-9,11,20-21H,4-6,10,12-15,17-19H2,1-3H3. The summed E-state index contributed by atoms with van der Waals surface area (Å²) in [4.78, 5) is 4.67. The molecular formula is C28H37N5O2. The lowest BCUT2D eigenvalue weighted by atomic mass is 9.91. The zero-order valence-electron chi connectivity index (χ0n) is 21.3. The quantitative estimate of drug-likeness (QED) is 0.422. The first-order chi connectivity index (χ1) is 17.0. The van der Waals surface area contributed by atoms with Crippen molar-refractivity contribution in [2.45, 2.75) is 51.6 Å². The van der Waals surface area contributed by atoms with Crippen molar-refractivity contribution in [2.24, 2.45) is 18.9 Å². The molecule has 186 valence electrons. The average molecular weight is 476 g/mol. The van der Waals surface area contributed by atoms with E-state index in [1.54, 1.807) is 0 Å². The number of rotatable bonds is 10. The molecule has 2 aliphatic rings. The van der Waals surface area contributed by atoms with Gasteiger partial charge in [-0.1, -0.05) is 5.16 Å². The molecule has 1 aliphatic heterocycles. The summed E-state index contributed by atoms with van der Waals surface area (Å²) < 4.78 is 14.1. The molecule has 0 unspecified atom stereocenters. The summed E-state index contributed by atoms with van der Waals surface area (Å²) in [5, 5.41) is 14.8. The molecule has 0 atom stereocenters. The fraction of sp³-hybridized carbons (Fsp3) is 0.571. The summed E-state index contributed by atoms with van der Waals surface area (Å²) in [6.45, 7) is 4.70. The molecule has 2 fully saturated rings. The highest BCUT2D eigenvalue weighted by molar-refractivity contribution is 5.84. The number of aryl methyl sites for hydroxylation is 1. The van der Waals surface area contributed by atoms with E-state index in [-0.39, 0.29) is 0 Å².